The van der Waals surface area contributed by atoms with Gasteiger partial charge in [-0.25, -0.2) is 4.79 Å². The molecule has 5 atom stereocenters. The van der Waals surface area contributed by atoms with Crippen molar-refractivity contribution >= 4 is 17.8 Å². The van der Waals surface area contributed by atoms with Crippen LogP contribution in [-0.2, 0) is 19.1 Å². The lowest BCUT2D eigenvalue weighted by Crippen LogP contribution is -2.64. The molecule has 8 N–H and O–H groups in total. The van der Waals surface area contributed by atoms with Gasteiger partial charge in [-0.15, -0.1) is 0 Å². The number of methoxy groups -OCH3 is 1. The number of guanidine groups is 1. The van der Waals surface area contributed by atoms with Crippen LogP contribution in [0.3, 0.4) is 0 Å². The van der Waals surface area contributed by atoms with Crippen LogP contribution >= 0.6 is 0 Å². The Morgan fingerprint density at radius 3 is 2.54 bits per heavy atom. The van der Waals surface area contributed by atoms with Crippen LogP contribution in [0.1, 0.15) is 6.92 Å². The Morgan fingerprint density at radius 2 is 2.12 bits per heavy atom. The first-order valence-electron chi connectivity index (χ1n) is 7.02. The van der Waals surface area contributed by atoms with Gasteiger partial charge < -0.3 is 41.2 Å². The molecule has 0 fully saturated rings. The van der Waals surface area contributed by atoms with Crippen molar-refractivity contribution in [3.8, 4) is 0 Å². The Labute approximate surface area is 137 Å². The Balaban J connectivity index is 3.29. The smallest absolute Gasteiger partial charge is 0.370 e. The Morgan fingerprint density at radius 1 is 1.50 bits per heavy atom. The summed E-state index contributed by atoms with van der Waals surface area (Å²) in [4.78, 5) is 22.7. The maximum Gasteiger partial charge on any atom is 0.370 e. The van der Waals surface area contributed by atoms with Crippen molar-refractivity contribution in [2.24, 2.45) is 5.73 Å². The van der Waals surface area contributed by atoms with E-state index in [0.717, 1.165) is 6.08 Å². The average Bonchev–Trinajstić information content (AvgIpc) is 2.49. The second-order valence-corrected chi connectivity index (χ2v) is 5.18. The largest absolute Gasteiger partial charge is 0.478 e. The third-order valence-corrected chi connectivity index (χ3v) is 3.40. The number of nitrogens with two attached hydrogens (primary N) is 1. The van der Waals surface area contributed by atoms with Crippen LogP contribution in [0, 0.1) is 5.41 Å². The van der Waals surface area contributed by atoms with E-state index in [1.54, 1.807) is 0 Å². The molecule has 0 aliphatic carbocycles. The molecule has 0 bridgehead atoms. The zero-order valence-corrected chi connectivity index (χ0v) is 13.2. The van der Waals surface area contributed by atoms with Crippen LogP contribution < -0.4 is 16.4 Å². The number of amides is 1. The molecule has 24 heavy (non-hydrogen) atoms. The van der Waals surface area contributed by atoms with Crippen LogP contribution in [-0.4, -0.2) is 77.3 Å². The molecule has 0 unspecified atom stereocenters. The van der Waals surface area contributed by atoms with Crippen LogP contribution in [0.5, 0.6) is 0 Å². The number of carbonyl (C=O) groups is 2. The first kappa shape index (κ1) is 19.7. The molecule has 1 amide bonds. The number of carboxylic acid groups (broad SMARTS) is 1. The van der Waals surface area contributed by atoms with E-state index in [-0.39, 0.29) is 0 Å². The number of nitrogens with one attached hydrogen (secondary N) is 3. The minimum atomic E-state index is -1.39. The van der Waals surface area contributed by atoms with Crippen LogP contribution in [0.25, 0.3) is 0 Å². The molecule has 0 aromatic heterocycles. The molecule has 1 aliphatic rings. The molecule has 1 aliphatic heterocycles. The quantitative estimate of drug-likeness (QED) is 0.187. The fraction of sp³-hybridized carbons (Fsp3) is 0.615. The molecule has 0 aromatic carbocycles. The number of aliphatic hydroxyl groups is 2. The molecule has 1 rings (SSSR count). The van der Waals surface area contributed by atoms with Crippen molar-refractivity contribution in [1.82, 2.24) is 10.6 Å². The highest BCUT2D eigenvalue weighted by Gasteiger charge is 2.44. The molecule has 11 nitrogen and oxygen atoms in total. The first-order valence-corrected chi connectivity index (χ1v) is 7.02. The van der Waals surface area contributed by atoms with Crippen molar-refractivity contribution in [2.45, 2.75) is 37.3 Å². The van der Waals surface area contributed by atoms with Gasteiger partial charge in [0.2, 0.25) is 11.7 Å². The average molecular weight is 346 g/mol. The van der Waals surface area contributed by atoms with Gasteiger partial charge in [-0.2, -0.15) is 0 Å². The van der Waals surface area contributed by atoms with E-state index in [2.05, 4.69) is 10.6 Å². The number of aliphatic hydroxyl groups excluding tert-OH is 2. The van der Waals surface area contributed by atoms with Gasteiger partial charge in [0.25, 0.3) is 0 Å². The van der Waals surface area contributed by atoms with Gasteiger partial charge in [-0.3, -0.25) is 10.2 Å². The van der Waals surface area contributed by atoms with E-state index >= 15 is 0 Å². The number of carboxylic acids is 1. The van der Waals surface area contributed by atoms with E-state index in [0.29, 0.717) is 0 Å². The minimum absolute atomic E-state index is 0.450. The van der Waals surface area contributed by atoms with E-state index in [9.17, 15) is 19.8 Å². The SMILES string of the molecule is CO[C@H]([C@@H]1OC(C(=O)O)=C[C@H](NC(=N)N)[C@H]1NC(C)=O)[C@@H](O)CO. The lowest BCUT2D eigenvalue weighted by molar-refractivity contribution is -0.149. The number of aliphatic carboxylic acids is 1. The van der Waals surface area contributed by atoms with E-state index in [1.165, 1.54) is 14.0 Å². The highest BCUT2D eigenvalue weighted by Crippen LogP contribution is 2.24. The van der Waals surface area contributed by atoms with E-state index in [4.69, 9.17) is 25.7 Å². The predicted molar refractivity (Wildman–Crippen MR) is 80.9 cm³/mol. The highest BCUT2D eigenvalue weighted by atomic mass is 16.6. The van der Waals surface area contributed by atoms with Crippen molar-refractivity contribution in [3.63, 3.8) is 0 Å². The summed E-state index contributed by atoms with van der Waals surface area (Å²) in [6, 6.07) is -1.82. The van der Waals surface area contributed by atoms with Gasteiger partial charge in [-0.1, -0.05) is 0 Å². The fourth-order valence-electron chi connectivity index (χ4n) is 2.46. The molecule has 1 heterocycles. The van der Waals surface area contributed by atoms with Crippen molar-refractivity contribution in [1.29, 1.82) is 5.41 Å². The molecule has 0 saturated carbocycles. The summed E-state index contributed by atoms with van der Waals surface area (Å²) in [5.41, 5.74) is 5.30. The zero-order chi connectivity index (χ0) is 18.4. The third-order valence-electron chi connectivity index (χ3n) is 3.40. The van der Waals surface area contributed by atoms with Crippen molar-refractivity contribution < 1.29 is 34.4 Å². The van der Waals surface area contributed by atoms with Crippen molar-refractivity contribution in [2.75, 3.05) is 13.7 Å². The summed E-state index contributed by atoms with van der Waals surface area (Å²) in [6.45, 7) is 0.574. The molecule has 136 valence electrons. The van der Waals surface area contributed by atoms with Gasteiger partial charge in [0, 0.05) is 14.0 Å². The van der Waals surface area contributed by atoms with Gasteiger partial charge in [0.05, 0.1) is 18.7 Å². The molecule has 0 radical (unpaired) electrons. The summed E-state index contributed by atoms with van der Waals surface area (Å²) >= 11 is 0. The summed E-state index contributed by atoms with van der Waals surface area (Å²) in [5.74, 6) is -2.75. The van der Waals surface area contributed by atoms with Crippen LogP contribution in [0.15, 0.2) is 11.8 Å². The normalized spacial score (nSPS) is 25.7. The van der Waals surface area contributed by atoms with Gasteiger partial charge in [0.15, 0.2) is 12.1 Å². The fourth-order valence-corrected chi connectivity index (χ4v) is 2.46. The van der Waals surface area contributed by atoms with E-state index in [1.807, 2.05) is 0 Å². The number of carbonyl (C=O) groups excluding carboxylic acids is 1. The molecule has 0 aromatic rings. The second-order valence-electron chi connectivity index (χ2n) is 5.18. The molecular formula is C13H22N4O7. The number of ether oxygens (including phenoxy) is 2. The molecule has 11 heteroatoms. The Bertz CT molecular complexity index is 524. The maximum atomic E-state index is 11.5. The summed E-state index contributed by atoms with van der Waals surface area (Å²) in [7, 11) is 1.24. The number of hydrogen-bond donors (Lipinski definition) is 7. The first-order chi connectivity index (χ1) is 11.2. The van der Waals surface area contributed by atoms with Gasteiger partial charge >= 0.3 is 5.97 Å². The number of hydrogen-bond acceptors (Lipinski definition) is 7. The Kier molecular flexibility index (Phi) is 6.95. The molecule has 0 saturated heterocycles. The lowest BCUT2D eigenvalue weighted by atomic mass is 9.92. The van der Waals surface area contributed by atoms with Crippen LogP contribution in [0.2, 0.25) is 0 Å². The lowest BCUT2D eigenvalue weighted by Gasteiger charge is -2.41. The minimum Gasteiger partial charge on any atom is -0.478 e. The summed E-state index contributed by atoms with van der Waals surface area (Å²) < 4.78 is 10.5. The monoisotopic (exact) mass is 346 g/mol. The molecule has 0 spiro atoms. The van der Waals surface area contributed by atoms with Crippen molar-refractivity contribution in [3.05, 3.63) is 11.8 Å². The van der Waals surface area contributed by atoms with Crippen LogP contribution in [0.4, 0.5) is 0 Å². The standard InChI is InChI=1S/C13H22N4O7/c1-5(19)16-9-6(17-13(14)15)3-8(12(21)22)24-11(9)10(23-2)7(20)4-18/h3,6-7,9-11,18,20H,4H2,1-2H3,(H,16,19)(H,21,22)(H4,14,15,17)/t6-,7-,9+,10-,11+/m0/s1. The highest BCUT2D eigenvalue weighted by molar-refractivity contribution is 5.85. The number of rotatable bonds is 7. The predicted octanol–water partition coefficient (Wildman–Crippen LogP) is -2.92. The van der Waals surface area contributed by atoms with Gasteiger partial charge in [-0.05, 0) is 6.08 Å². The topological polar surface area (TPSA) is 187 Å². The summed E-state index contributed by atoms with van der Waals surface area (Å²) in [5, 5.41) is 40.6. The zero-order valence-electron chi connectivity index (χ0n) is 13.2. The van der Waals surface area contributed by atoms with Gasteiger partial charge in [0.1, 0.15) is 12.2 Å². The Hall–Kier alpha value is -2.37. The maximum absolute atomic E-state index is 11.5. The van der Waals surface area contributed by atoms with E-state index < -0.39 is 60.6 Å². The summed E-state index contributed by atoms with van der Waals surface area (Å²) in [6.07, 6.45) is -2.54. The third kappa shape index (κ3) is 4.81. The molecular weight excluding hydrogens is 324 g/mol. The second kappa shape index (κ2) is 8.47.